The number of methoxy groups -OCH3 is 1. The van der Waals surface area contributed by atoms with Gasteiger partial charge in [-0.1, -0.05) is 22.0 Å². The molecule has 0 aliphatic heterocycles. The number of nitrogens with two attached hydrogens (primary N) is 1. The van der Waals surface area contributed by atoms with Crippen molar-refractivity contribution in [3.8, 4) is 11.5 Å². The Bertz CT molecular complexity index is 656. The van der Waals surface area contributed by atoms with E-state index in [1.807, 2.05) is 25.1 Å². The van der Waals surface area contributed by atoms with E-state index in [-0.39, 0.29) is 0 Å². The Balaban J connectivity index is 2.43. The van der Waals surface area contributed by atoms with Crippen LogP contribution in [0.25, 0.3) is 0 Å². The molecule has 0 atom stereocenters. The third-order valence-corrected chi connectivity index (χ3v) is 3.27. The summed E-state index contributed by atoms with van der Waals surface area (Å²) in [4.78, 5) is 11.8. The molecule has 0 aromatic heterocycles. The zero-order valence-electron chi connectivity index (χ0n) is 11.1. The monoisotopic (exact) mass is 335 g/mol. The van der Waals surface area contributed by atoms with Gasteiger partial charge in [-0.3, -0.25) is 0 Å². The quantitative estimate of drug-likeness (QED) is 0.682. The molecular weight excluding hydrogens is 322 g/mol. The summed E-state index contributed by atoms with van der Waals surface area (Å²) < 4.78 is 11.4. The van der Waals surface area contributed by atoms with Gasteiger partial charge in [0, 0.05) is 10.2 Å². The van der Waals surface area contributed by atoms with Crippen molar-refractivity contribution in [1.29, 1.82) is 0 Å². The molecule has 0 amide bonds. The second-order valence-electron chi connectivity index (χ2n) is 4.26. The Morgan fingerprint density at radius 2 is 1.90 bits per heavy atom. The van der Waals surface area contributed by atoms with Crippen LogP contribution < -0.4 is 10.5 Å². The first-order valence-electron chi connectivity index (χ1n) is 5.93. The fourth-order valence-corrected chi connectivity index (χ4v) is 2.05. The van der Waals surface area contributed by atoms with Gasteiger partial charge >= 0.3 is 5.97 Å². The van der Waals surface area contributed by atoms with Crippen LogP contribution in [0.15, 0.2) is 40.9 Å². The van der Waals surface area contributed by atoms with Crippen molar-refractivity contribution in [2.24, 2.45) is 0 Å². The lowest BCUT2D eigenvalue weighted by Crippen LogP contribution is -2.05. The molecule has 2 aromatic carbocycles. The fraction of sp³-hybridized carbons (Fsp3) is 0.133. The average molecular weight is 336 g/mol. The maximum absolute atomic E-state index is 11.8. The number of rotatable bonds is 3. The molecule has 2 aromatic rings. The minimum absolute atomic E-state index is 0.298. The molecule has 0 radical (unpaired) electrons. The Morgan fingerprint density at radius 3 is 2.60 bits per heavy atom. The summed E-state index contributed by atoms with van der Waals surface area (Å²) >= 11 is 3.39. The van der Waals surface area contributed by atoms with Crippen molar-refractivity contribution in [2.75, 3.05) is 12.8 Å². The van der Waals surface area contributed by atoms with E-state index < -0.39 is 5.97 Å². The van der Waals surface area contributed by atoms with Crippen molar-refractivity contribution >= 4 is 27.6 Å². The van der Waals surface area contributed by atoms with Gasteiger partial charge < -0.3 is 15.2 Å². The summed E-state index contributed by atoms with van der Waals surface area (Å²) in [6.45, 7) is 1.93. The van der Waals surface area contributed by atoms with Crippen molar-refractivity contribution in [1.82, 2.24) is 0 Å². The maximum Gasteiger partial charge on any atom is 0.341 e. The highest BCUT2D eigenvalue weighted by molar-refractivity contribution is 9.10. The van der Waals surface area contributed by atoms with Gasteiger partial charge in [-0.15, -0.1) is 0 Å². The highest BCUT2D eigenvalue weighted by Gasteiger charge is 2.15. The Hall–Kier alpha value is -2.01. The van der Waals surface area contributed by atoms with Crippen LogP contribution in [0.1, 0.15) is 15.9 Å². The number of esters is 1. The van der Waals surface area contributed by atoms with E-state index >= 15 is 0 Å². The molecular formula is C15H14BrNO3. The first-order valence-corrected chi connectivity index (χ1v) is 6.72. The number of ether oxygens (including phenoxy) is 2. The number of carbonyl (C=O) groups excluding carboxylic acids is 1. The van der Waals surface area contributed by atoms with Crippen molar-refractivity contribution < 1.29 is 14.3 Å². The first-order chi connectivity index (χ1) is 9.51. The first kappa shape index (κ1) is 14.4. The van der Waals surface area contributed by atoms with E-state index in [4.69, 9.17) is 15.2 Å². The number of benzene rings is 2. The molecule has 20 heavy (non-hydrogen) atoms. The van der Waals surface area contributed by atoms with E-state index in [9.17, 15) is 4.79 Å². The molecule has 0 saturated carbocycles. The average Bonchev–Trinajstić information content (AvgIpc) is 2.43. The van der Waals surface area contributed by atoms with Crippen LogP contribution in [0.2, 0.25) is 0 Å². The molecule has 0 aliphatic rings. The van der Waals surface area contributed by atoms with Gasteiger partial charge in [0.05, 0.1) is 7.11 Å². The van der Waals surface area contributed by atoms with Gasteiger partial charge in [0.15, 0.2) is 0 Å². The fourth-order valence-electron chi connectivity index (χ4n) is 1.71. The van der Waals surface area contributed by atoms with Crippen molar-refractivity contribution in [3.05, 3.63) is 52.0 Å². The second kappa shape index (κ2) is 5.96. The number of hydrogen-bond donors (Lipinski definition) is 1. The molecule has 0 bridgehead atoms. The summed E-state index contributed by atoms with van der Waals surface area (Å²) in [6, 6.07) is 10.6. The molecule has 2 N–H and O–H groups in total. The van der Waals surface area contributed by atoms with Crippen LogP contribution in [-0.4, -0.2) is 13.1 Å². The maximum atomic E-state index is 11.8. The van der Waals surface area contributed by atoms with Crippen LogP contribution in [0.3, 0.4) is 0 Å². The number of aryl methyl sites for hydroxylation is 1. The number of halogens is 1. The highest BCUT2D eigenvalue weighted by atomic mass is 79.9. The van der Waals surface area contributed by atoms with E-state index in [2.05, 4.69) is 15.9 Å². The highest BCUT2D eigenvalue weighted by Crippen LogP contribution is 2.31. The molecule has 0 saturated heterocycles. The standard InChI is InChI=1S/C15H14BrNO3/c1-9-3-4-10(16)7-14(9)20-13-6-5-11(17)8-12(13)15(18)19-2/h3-8H,17H2,1-2H3. The van der Waals surface area contributed by atoms with Gasteiger partial charge in [-0.25, -0.2) is 4.79 Å². The Morgan fingerprint density at radius 1 is 1.15 bits per heavy atom. The minimum Gasteiger partial charge on any atom is -0.465 e. The topological polar surface area (TPSA) is 61.5 Å². The van der Waals surface area contributed by atoms with E-state index in [1.54, 1.807) is 12.1 Å². The van der Waals surface area contributed by atoms with Gasteiger partial charge in [0.1, 0.15) is 17.1 Å². The molecule has 0 spiro atoms. The van der Waals surface area contributed by atoms with E-state index in [0.29, 0.717) is 22.7 Å². The second-order valence-corrected chi connectivity index (χ2v) is 5.17. The molecule has 0 unspecified atom stereocenters. The zero-order valence-corrected chi connectivity index (χ0v) is 12.7. The van der Waals surface area contributed by atoms with E-state index in [1.165, 1.54) is 13.2 Å². The Labute approximate surface area is 125 Å². The predicted molar refractivity (Wildman–Crippen MR) is 81.1 cm³/mol. The summed E-state index contributed by atoms with van der Waals surface area (Å²) in [5.74, 6) is 0.585. The van der Waals surface area contributed by atoms with Gasteiger partial charge in [-0.05, 0) is 42.8 Å². The summed E-state index contributed by atoms with van der Waals surface area (Å²) in [6.07, 6.45) is 0. The molecule has 0 heterocycles. The molecule has 4 nitrogen and oxygen atoms in total. The molecule has 104 valence electrons. The number of anilines is 1. The van der Waals surface area contributed by atoms with Gasteiger partial charge in [0.2, 0.25) is 0 Å². The normalized spacial score (nSPS) is 10.2. The summed E-state index contributed by atoms with van der Waals surface area (Å²) in [7, 11) is 1.32. The van der Waals surface area contributed by atoms with Gasteiger partial charge in [0.25, 0.3) is 0 Å². The predicted octanol–water partition coefficient (Wildman–Crippen LogP) is 3.92. The molecule has 0 aliphatic carbocycles. The SMILES string of the molecule is COC(=O)c1cc(N)ccc1Oc1cc(Br)ccc1C. The molecule has 2 rings (SSSR count). The third-order valence-electron chi connectivity index (χ3n) is 2.78. The van der Waals surface area contributed by atoms with Crippen molar-refractivity contribution in [3.63, 3.8) is 0 Å². The van der Waals surface area contributed by atoms with Crippen LogP contribution in [0.5, 0.6) is 11.5 Å². The lowest BCUT2D eigenvalue weighted by atomic mass is 10.1. The van der Waals surface area contributed by atoms with E-state index in [0.717, 1.165) is 10.0 Å². The number of hydrogen-bond acceptors (Lipinski definition) is 4. The van der Waals surface area contributed by atoms with Crippen LogP contribution >= 0.6 is 15.9 Å². The minimum atomic E-state index is -0.486. The summed E-state index contributed by atoms with van der Waals surface area (Å²) in [5, 5.41) is 0. The smallest absolute Gasteiger partial charge is 0.341 e. The zero-order chi connectivity index (χ0) is 14.7. The molecule has 5 heteroatoms. The summed E-state index contributed by atoms with van der Waals surface area (Å²) in [5.41, 5.74) is 7.43. The van der Waals surface area contributed by atoms with Crippen LogP contribution in [0, 0.1) is 6.92 Å². The lowest BCUT2D eigenvalue weighted by molar-refractivity contribution is 0.0598. The number of carbonyl (C=O) groups is 1. The molecule has 0 fully saturated rings. The Kier molecular flexibility index (Phi) is 4.29. The van der Waals surface area contributed by atoms with Crippen LogP contribution in [0.4, 0.5) is 5.69 Å². The number of nitrogen functional groups attached to an aromatic ring is 1. The van der Waals surface area contributed by atoms with Crippen LogP contribution in [-0.2, 0) is 4.74 Å². The van der Waals surface area contributed by atoms with Gasteiger partial charge in [-0.2, -0.15) is 0 Å². The third kappa shape index (κ3) is 3.11. The van der Waals surface area contributed by atoms with Crippen molar-refractivity contribution in [2.45, 2.75) is 6.92 Å². The largest absolute Gasteiger partial charge is 0.465 e. The lowest BCUT2D eigenvalue weighted by Gasteiger charge is -2.12.